The van der Waals surface area contributed by atoms with Crippen molar-refractivity contribution in [2.75, 3.05) is 11.9 Å². The Morgan fingerprint density at radius 2 is 1.96 bits per heavy atom. The van der Waals surface area contributed by atoms with Gasteiger partial charge in [-0.25, -0.2) is 4.98 Å². The molecule has 27 heavy (non-hydrogen) atoms. The maximum Gasteiger partial charge on any atom is 0.113 e. The summed E-state index contributed by atoms with van der Waals surface area (Å²) in [6.45, 7) is 2.72. The van der Waals surface area contributed by atoms with Crippen LogP contribution >= 0.6 is 0 Å². The van der Waals surface area contributed by atoms with Crippen LogP contribution in [-0.2, 0) is 11.8 Å². The molecule has 1 aliphatic heterocycles. The second kappa shape index (κ2) is 6.36. The smallest absolute Gasteiger partial charge is 0.113 e. The molecule has 1 saturated carbocycles. The number of aliphatic hydroxyl groups is 1. The summed E-state index contributed by atoms with van der Waals surface area (Å²) >= 11 is 0. The minimum absolute atomic E-state index is 0.226. The van der Waals surface area contributed by atoms with Gasteiger partial charge in [-0.15, -0.1) is 0 Å². The number of fused-ring (bicyclic) bond motifs is 3. The largest absolute Gasteiger partial charge is 0.388 e. The first-order valence-electron chi connectivity index (χ1n) is 9.70. The first-order valence-corrected chi connectivity index (χ1v) is 9.70. The monoisotopic (exact) mass is 363 g/mol. The predicted octanol–water partition coefficient (Wildman–Crippen LogP) is 3.88. The number of rotatable bonds is 4. The molecule has 1 aliphatic carbocycles. The van der Waals surface area contributed by atoms with Crippen molar-refractivity contribution in [2.24, 2.45) is 13.0 Å². The van der Waals surface area contributed by atoms with Gasteiger partial charge in [0.05, 0.1) is 23.9 Å². The molecular formula is C22H25N3O2. The number of aromatic nitrogens is 2. The molecule has 3 aromatic rings. The number of anilines is 1. The lowest BCUT2D eigenvalue weighted by Gasteiger charge is -2.38. The van der Waals surface area contributed by atoms with E-state index in [0.29, 0.717) is 12.5 Å². The molecule has 0 radical (unpaired) electrons. The zero-order valence-electron chi connectivity index (χ0n) is 15.7. The molecule has 2 aromatic carbocycles. The summed E-state index contributed by atoms with van der Waals surface area (Å²) in [5, 5.41) is 14.8. The number of hydrogen-bond donors (Lipinski definition) is 2. The van der Waals surface area contributed by atoms with E-state index in [1.54, 1.807) is 0 Å². The molecule has 5 rings (SSSR count). The first kappa shape index (κ1) is 16.8. The average Bonchev–Trinajstić information content (AvgIpc) is 3.47. The molecule has 140 valence electrons. The van der Waals surface area contributed by atoms with Crippen molar-refractivity contribution in [1.29, 1.82) is 0 Å². The second-order valence-electron chi connectivity index (χ2n) is 7.84. The quantitative estimate of drug-likeness (QED) is 0.739. The summed E-state index contributed by atoms with van der Waals surface area (Å²) in [5.74, 6) is 1.62. The molecular weight excluding hydrogens is 338 g/mol. The van der Waals surface area contributed by atoms with Gasteiger partial charge in [0.2, 0.25) is 0 Å². The van der Waals surface area contributed by atoms with Crippen LogP contribution in [0.1, 0.15) is 41.9 Å². The summed E-state index contributed by atoms with van der Waals surface area (Å²) in [6.07, 6.45) is 1.46. The summed E-state index contributed by atoms with van der Waals surface area (Å²) in [6, 6.07) is 14.0. The summed E-state index contributed by atoms with van der Waals surface area (Å²) < 4.78 is 8.36. The van der Waals surface area contributed by atoms with Crippen LogP contribution in [0, 0.1) is 12.8 Å². The molecule has 0 saturated heterocycles. The molecule has 0 spiro atoms. The number of imidazole rings is 1. The minimum atomic E-state index is -0.652. The Morgan fingerprint density at radius 1 is 1.19 bits per heavy atom. The Morgan fingerprint density at radius 3 is 2.70 bits per heavy atom. The van der Waals surface area contributed by atoms with Gasteiger partial charge in [0.25, 0.3) is 0 Å². The van der Waals surface area contributed by atoms with Crippen LogP contribution in [0.4, 0.5) is 5.69 Å². The van der Waals surface area contributed by atoms with Crippen LogP contribution in [0.5, 0.6) is 0 Å². The van der Waals surface area contributed by atoms with Gasteiger partial charge in [0.1, 0.15) is 23.5 Å². The van der Waals surface area contributed by atoms with Gasteiger partial charge in [-0.3, -0.25) is 0 Å². The summed E-state index contributed by atoms with van der Waals surface area (Å²) in [5.41, 5.74) is 5.07. The van der Waals surface area contributed by atoms with E-state index in [1.807, 2.05) is 44.3 Å². The van der Waals surface area contributed by atoms with Gasteiger partial charge >= 0.3 is 0 Å². The van der Waals surface area contributed by atoms with Crippen molar-refractivity contribution in [3.8, 4) is 0 Å². The van der Waals surface area contributed by atoms with Crippen molar-refractivity contribution < 1.29 is 9.84 Å². The Hall–Kier alpha value is -2.37. The van der Waals surface area contributed by atoms with E-state index in [9.17, 15) is 5.11 Å². The molecule has 1 aromatic heterocycles. The van der Waals surface area contributed by atoms with E-state index in [4.69, 9.17) is 9.72 Å². The molecule has 5 nitrogen and oxygen atoms in total. The lowest BCUT2D eigenvalue weighted by molar-refractivity contribution is -0.0543. The zero-order valence-corrected chi connectivity index (χ0v) is 15.7. The molecule has 2 heterocycles. The number of benzene rings is 2. The molecule has 5 heteroatoms. The van der Waals surface area contributed by atoms with Crippen molar-refractivity contribution in [1.82, 2.24) is 9.55 Å². The van der Waals surface area contributed by atoms with Crippen LogP contribution in [0.15, 0.2) is 42.5 Å². The van der Waals surface area contributed by atoms with Gasteiger partial charge in [0, 0.05) is 12.6 Å². The van der Waals surface area contributed by atoms with Gasteiger partial charge < -0.3 is 19.7 Å². The van der Waals surface area contributed by atoms with E-state index in [1.165, 1.54) is 12.8 Å². The van der Waals surface area contributed by atoms with Crippen LogP contribution in [0.3, 0.4) is 0 Å². The van der Waals surface area contributed by atoms with E-state index in [2.05, 4.69) is 22.0 Å². The highest BCUT2D eigenvalue weighted by atomic mass is 16.5. The number of nitrogens with zero attached hydrogens (tertiary/aromatic N) is 2. The molecule has 0 bridgehead atoms. The molecule has 2 N–H and O–H groups in total. The van der Waals surface area contributed by atoms with Crippen molar-refractivity contribution in [2.45, 2.75) is 38.0 Å². The van der Waals surface area contributed by atoms with Gasteiger partial charge in [0.15, 0.2) is 0 Å². The molecule has 0 amide bonds. The lowest BCUT2D eigenvalue weighted by Crippen LogP contribution is -2.37. The van der Waals surface area contributed by atoms with Gasteiger partial charge in [-0.1, -0.05) is 36.4 Å². The fourth-order valence-electron chi connectivity index (χ4n) is 4.03. The highest BCUT2D eigenvalue weighted by molar-refractivity contribution is 5.92. The maximum absolute atomic E-state index is 11.2. The van der Waals surface area contributed by atoms with Crippen LogP contribution < -0.4 is 5.32 Å². The fourth-order valence-corrected chi connectivity index (χ4v) is 4.03. The molecule has 2 aliphatic rings. The van der Waals surface area contributed by atoms with Crippen LogP contribution in [0.2, 0.25) is 0 Å². The van der Waals surface area contributed by atoms with E-state index in [-0.39, 0.29) is 12.1 Å². The number of ether oxygens (including phenoxy) is 1. The van der Waals surface area contributed by atoms with E-state index >= 15 is 0 Å². The number of hydrogen-bond acceptors (Lipinski definition) is 4. The van der Waals surface area contributed by atoms with Gasteiger partial charge in [-0.05, 0) is 37.3 Å². The normalized spacial score (nSPS) is 24.6. The number of aliphatic hydroxyl groups excluding tert-OH is 1. The standard InChI is InChI=1S/C22H25N3O2/c1-13-23-20-17(25(13)2)11-10-16-19(20)24-18(15-6-4-3-5-7-15)21(26)22(16)27-12-14-8-9-14/h3-7,10-11,14,18,21-22,24,26H,8-9,12H2,1-2H3/t18-,21-,22-/m1/s1. The molecule has 1 fully saturated rings. The number of aryl methyl sites for hydroxylation is 2. The third kappa shape index (κ3) is 2.82. The Bertz CT molecular complexity index is 978. The molecule has 0 unspecified atom stereocenters. The van der Waals surface area contributed by atoms with E-state index < -0.39 is 6.10 Å². The highest BCUT2D eigenvalue weighted by Crippen LogP contribution is 2.45. The fraction of sp³-hybridized carbons (Fsp3) is 0.409. The Labute approximate surface area is 159 Å². The second-order valence-corrected chi connectivity index (χ2v) is 7.84. The highest BCUT2D eigenvalue weighted by Gasteiger charge is 2.39. The molecule has 3 atom stereocenters. The summed E-state index contributed by atoms with van der Waals surface area (Å²) in [4.78, 5) is 4.78. The topological polar surface area (TPSA) is 59.3 Å². The SMILES string of the molecule is Cc1nc2c3c(ccc2n1C)[C@@H](OCC1CC1)[C@H](O)[C@@H](c1ccccc1)N3. The Balaban J connectivity index is 1.63. The first-order chi connectivity index (χ1) is 13.1. The third-order valence-corrected chi connectivity index (χ3v) is 5.93. The van der Waals surface area contributed by atoms with E-state index in [0.717, 1.165) is 33.7 Å². The minimum Gasteiger partial charge on any atom is -0.388 e. The van der Waals surface area contributed by atoms with Crippen molar-refractivity contribution in [3.05, 3.63) is 59.4 Å². The van der Waals surface area contributed by atoms with Gasteiger partial charge in [-0.2, -0.15) is 0 Å². The predicted molar refractivity (Wildman–Crippen MR) is 106 cm³/mol. The summed E-state index contributed by atoms with van der Waals surface area (Å²) in [7, 11) is 2.03. The third-order valence-electron chi connectivity index (χ3n) is 5.93. The van der Waals surface area contributed by atoms with Crippen molar-refractivity contribution >= 4 is 16.7 Å². The maximum atomic E-state index is 11.2. The average molecular weight is 363 g/mol. The van der Waals surface area contributed by atoms with Crippen LogP contribution in [0.25, 0.3) is 11.0 Å². The van der Waals surface area contributed by atoms with Crippen LogP contribution in [-0.4, -0.2) is 27.4 Å². The Kier molecular flexibility index (Phi) is 3.95. The zero-order chi connectivity index (χ0) is 18.5. The lowest BCUT2D eigenvalue weighted by atomic mass is 9.88. The number of nitrogens with one attached hydrogen (secondary N) is 1. The van der Waals surface area contributed by atoms with Crippen molar-refractivity contribution in [3.63, 3.8) is 0 Å².